The lowest BCUT2D eigenvalue weighted by Crippen LogP contribution is -2.28. The molecule has 2 rings (SSSR count). The third-order valence-electron chi connectivity index (χ3n) is 2.55. The molecule has 0 saturated carbocycles. The van der Waals surface area contributed by atoms with Crippen molar-refractivity contribution in [2.45, 2.75) is 17.9 Å². The minimum atomic E-state index is -4.35. The van der Waals surface area contributed by atoms with Crippen molar-refractivity contribution in [3.05, 3.63) is 47.8 Å². The average Bonchev–Trinajstić information content (AvgIpc) is 2.89. The number of benzene rings is 1. The van der Waals surface area contributed by atoms with Crippen LogP contribution in [0.25, 0.3) is 0 Å². The molecular formula is C11H10F3N3O2S. The number of hydrogen-bond donors (Lipinski definition) is 2. The molecule has 2 N–H and O–H groups in total. The van der Waals surface area contributed by atoms with Crippen molar-refractivity contribution in [3.63, 3.8) is 0 Å². The number of aromatic amines is 1. The van der Waals surface area contributed by atoms with Crippen molar-refractivity contribution in [1.82, 2.24) is 14.7 Å². The first-order valence-electron chi connectivity index (χ1n) is 5.48. The minimum Gasteiger partial charge on any atom is -0.347 e. The summed E-state index contributed by atoms with van der Waals surface area (Å²) in [4.78, 5) is 5.55. The number of H-pyrrole nitrogens is 1. The van der Waals surface area contributed by atoms with Gasteiger partial charge in [0.15, 0.2) is 17.5 Å². The third-order valence-corrected chi connectivity index (χ3v) is 4.11. The summed E-state index contributed by atoms with van der Waals surface area (Å²) in [7, 11) is -4.35. The van der Waals surface area contributed by atoms with Gasteiger partial charge in [-0.2, -0.15) is 0 Å². The van der Waals surface area contributed by atoms with Gasteiger partial charge < -0.3 is 4.98 Å². The zero-order valence-electron chi connectivity index (χ0n) is 10.2. The Bertz CT molecular complexity index is 717. The quantitative estimate of drug-likeness (QED) is 0.847. The number of rotatable bonds is 4. The van der Waals surface area contributed by atoms with Crippen molar-refractivity contribution in [2.24, 2.45) is 0 Å². The summed E-state index contributed by atoms with van der Waals surface area (Å²) >= 11 is 0. The van der Waals surface area contributed by atoms with E-state index in [0.717, 1.165) is 0 Å². The minimum absolute atomic E-state index is 0.302. The van der Waals surface area contributed by atoms with Crippen LogP contribution in [0.4, 0.5) is 13.2 Å². The molecule has 2 aromatic rings. The molecule has 20 heavy (non-hydrogen) atoms. The first-order valence-corrected chi connectivity index (χ1v) is 6.96. The van der Waals surface area contributed by atoms with Crippen molar-refractivity contribution in [2.75, 3.05) is 0 Å². The summed E-state index contributed by atoms with van der Waals surface area (Å²) in [6, 6.07) is 0.415. The van der Waals surface area contributed by atoms with Crippen LogP contribution in [0, 0.1) is 17.5 Å². The Balaban J connectivity index is 2.34. The fourth-order valence-corrected chi connectivity index (χ4v) is 2.86. The maximum atomic E-state index is 13.5. The lowest BCUT2D eigenvalue weighted by Gasteiger charge is -2.13. The number of imidazole rings is 1. The second kappa shape index (κ2) is 5.25. The van der Waals surface area contributed by atoms with Gasteiger partial charge >= 0.3 is 0 Å². The van der Waals surface area contributed by atoms with Crippen LogP contribution in [0.15, 0.2) is 29.4 Å². The Morgan fingerprint density at radius 2 is 1.95 bits per heavy atom. The van der Waals surface area contributed by atoms with Crippen LogP contribution in [0.3, 0.4) is 0 Å². The van der Waals surface area contributed by atoms with Crippen molar-refractivity contribution in [3.8, 4) is 0 Å². The topological polar surface area (TPSA) is 74.8 Å². The first kappa shape index (κ1) is 14.5. The highest BCUT2D eigenvalue weighted by molar-refractivity contribution is 7.89. The molecule has 1 atom stereocenters. The molecule has 0 spiro atoms. The number of aromatic nitrogens is 2. The Morgan fingerprint density at radius 1 is 1.25 bits per heavy atom. The molecule has 1 aromatic heterocycles. The molecule has 0 aliphatic heterocycles. The van der Waals surface area contributed by atoms with E-state index in [1.807, 2.05) is 0 Å². The van der Waals surface area contributed by atoms with Crippen LogP contribution < -0.4 is 4.72 Å². The summed E-state index contributed by atoms with van der Waals surface area (Å²) in [6.07, 6.45) is 2.90. The van der Waals surface area contributed by atoms with Crippen LogP contribution in [-0.2, 0) is 10.0 Å². The van der Waals surface area contributed by atoms with E-state index in [9.17, 15) is 21.6 Å². The molecule has 0 amide bonds. The molecule has 5 nitrogen and oxygen atoms in total. The van der Waals surface area contributed by atoms with Gasteiger partial charge in [-0.15, -0.1) is 0 Å². The van der Waals surface area contributed by atoms with E-state index in [1.54, 1.807) is 0 Å². The lowest BCUT2D eigenvalue weighted by atomic mass is 10.3. The molecule has 1 heterocycles. The highest BCUT2D eigenvalue weighted by Crippen LogP contribution is 2.21. The van der Waals surface area contributed by atoms with Crippen LogP contribution in [0.5, 0.6) is 0 Å². The second-order valence-corrected chi connectivity index (χ2v) is 5.67. The van der Waals surface area contributed by atoms with E-state index in [2.05, 4.69) is 14.7 Å². The molecule has 1 unspecified atom stereocenters. The van der Waals surface area contributed by atoms with Gasteiger partial charge in [-0.05, 0) is 19.1 Å². The van der Waals surface area contributed by atoms with Crippen LogP contribution in [0.1, 0.15) is 18.8 Å². The fraction of sp³-hybridized carbons (Fsp3) is 0.182. The van der Waals surface area contributed by atoms with E-state index < -0.39 is 38.4 Å². The SMILES string of the molecule is CC(NS(=O)(=O)c1ccc(F)c(F)c1F)c1ncc[nH]1. The second-order valence-electron chi connectivity index (χ2n) is 3.99. The summed E-state index contributed by atoms with van der Waals surface area (Å²) in [5.74, 6) is -4.75. The van der Waals surface area contributed by atoms with Gasteiger partial charge in [-0.25, -0.2) is 31.3 Å². The predicted molar refractivity (Wildman–Crippen MR) is 63.6 cm³/mol. The zero-order valence-corrected chi connectivity index (χ0v) is 11.0. The summed E-state index contributed by atoms with van der Waals surface area (Å²) < 4.78 is 65.3. The van der Waals surface area contributed by atoms with Crippen molar-refractivity contribution < 1.29 is 21.6 Å². The summed E-state index contributed by atoms with van der Waals surface area (Å²) in [6.45, 7) is 1.47. The lowest BCUT2D eigenvalue weighted by molar-refractivity contribution is 0.431. The average molecular weight is 305 g/mol. The van der Waals surface area contributed by atoms with Crippen LogP contribution >= 0.6 is 0 Å². The largest absolute Gasteiger partial charge is 0.347 e. The Kier molecular flexibility index (Phi) is 3.82. The van der Waals surface area contributed by atoms with Gasteiger partial charge in [0.2, 0.25) is 10.0 Å². The number of halogens is 3. The van der Waals surface area contributed by atoms with E-state index in [1.165, 1.54) is 19.3 Å². The molecule has 0 saturated heterocycles. The molecule has 0 fully saturated rings. The van der Waals surface area contributed by atoms with Gasteiger partial charge in [0.05, 0.1) is 6.04 Å². The standard InChI is InChI=1S/C11H10F3N3O2S/c1-6(11-15-4-5-16-11)17-20(18,19)8-3-2-7(12)9(13)10(8)14/h2-6,17H,1H3,(H,15,16). The Hall–Kier alpha value is -1.87. The molecule has 1 aromatic carbocycles. The van der Waals surface area contributed by atoms with E-state index in [-0.39, 0.29) is 0 Å². The number of nitrogens with zero attached hydrogens (tertiary/aromatic N) is 1. The monoisotopic (exact) mass is 305 g/mol. The smallest absolute Gasteiger partial charge is 0.244 e. The summed E-state index contributed by atoms with van der Waals surface area (Å²) in [5.41, 5.74) is 0. The molecule has 108 valence electrons. The van der Waals surface area contributed by atoms with Gasteiger partial charge in [0, 0.05) is 12.4 Å². The molecule has 0 aliphatic carbocycles. The molecule has 0 radical (unpaired) electrons. The number of nitrogens with one attached hydrogen (secondary N) is 2. The van der Waals surface area contributed by atoms with Crippen LogP contribution in [-0.4, -0.2) is 18.4 Å². The molecule has 0 aliphatic rings. The molecule has 9 heteroatoms. The van der Waals surface area contributed by atoms with Gasteiger partial charge in [0.1, 0.15) is 10.7 Å². The normalized spacial score (nSPS) is 13.4. The van der Waals surface area contributed by atoms with E-state index in [0.29, 0.717) is 18.0 Å². The summed E-state index contributed by atoms with van der Waals surface area (Å²) in [5, 5.41) is 0. The van der Waals surface area contributed by atoms with Gasteiger partial charge in [0.25, 0.3) is 0 Å². The fourth-order valence-electron chi connectivity index (χ4n) is 1.58. The highest BCUT2D eigenvalue weighted by atomic mass is 32.2. The van der Waals surface area contributed by atoms with Gasteiger partial charge in [-0.3, -0.25) is 0 Å². The molecular weight excluding hydrogens is 295 g/mol. The third kappa shape index (κ3) is 2.68. The maximum absolute atomic E-state index is 13.5. The number of sulfonamides is 1. The van der Waals surface area contributed by atoms with E-state index >= 15 is 0 Å². The Morgan fingerprint density at radius 3 is 2.55 bits per heavy atom. The highest BCUT2D eigenvalue weighted by Gasteiger charge is 2.26. The first-order chi connectivity index (χ1) is 9.33. The molecule has 0 bridgehead atoms. The number of hydrogen-bond acceptors (Lipinski definition) is 3. The van der Waals surface area contributed by atoms with Crippen molar-refractivity contribution in [1.29, 1.82) is 0 Å². The van der Waals surface area contributed by atoms with Crippen molar-refractivity contribution >= 4 is 10.0 Å². The van der Waals surface area contributed by atoms with Gasteiger partial charge in [-0.1, -0.05) is 0 Å². The predicted octanol–water partition coefficient (Wildman–Crippen LogP) is 1.87. The zero-order chi connectivity index (χ0) is 14.9. The van der Waals surface area contributed by atoms with E-state index in [4.69, 9.17) is 0 Å². The van der Waals surface area contributed by atoms with Crippen LogP contribution in [0.2, 0.25) is 0 Å². The Labute approximate surface area is 112 Å². The maximum Gasteiger partial charge on any atom is 0.244 e.